The van der Waals surface area contributed by atoms with E-state index in [2.05, 4.69) is 9.80 Å². The van der Waals surface area contributed by atoms with Gasteiger partial charge in [0.15, 0.2) is 0 Å². The van der Waals surface area contributed by atoms with Gasteiger partial charge in [-0.1, -0.05) is 0 Å². The van der Waals surface area contributed by atoms with Gasteiger partial charge in [-0.2, -0.15) is 0 Å². The minimum Gasteiger partial charge on any atom is -0.341 e. The van der Waals surface area contributed by atoms with Gasteiger partial charge in [0.1, 0.15) is 0 Å². The molecule has 3 rings (SSSR count). The summed E-state index contributed by atoms with van der Waals surface area (Å²) in [5, 5.41) is 0. The van der Waals surface area contributed by atoms with Gasteiger partial charge in [-0.25, -0.2) is 0 Å². The first-order valence-electron chi connectivity index (χ1n) is 8.51. The van der Waals surface area contributed by atoms with Crippen LogP contribution in [0.4, 0.5) is 0 Å². The molecule has 2 heterocycles. The zero-order chi connectivity index (χ0) is 13.9. The SMILES string of the molecule is NCC1CCC(C(=O)N2CCC(N3CCCC3)C2)CC1. The van der Waals surface area contributed by atoms with Gasteiger partial charge in [0.2, 0.25) is 5.91 Å². The number of rotatable bonds is 3. The lowest BCUT2D eigenvalue weighted by atomic mass is 9.81. The molecule has 3 fully saturated rings. The molecule has 0 spiro atoms. The molecule has 1 amide bonds. The fraction of sp³-hybridized carbons (Fsp3) is 0.938. The Morgan fingerprint density at radius 1 is 1.00 bits per heavy atom. The molecule has 20 heavy (non-hydrogen) atoms. The number of likely N-dealkylation sites (tertiary alicyclic amines) is 2. The zero-order valence-corrected chi connectivity index (χ0v) is 12.6. The van der Waals surface area contributed by atoms with Crippen molar-refractivity contribution in [1.82, 2.24) is 9.80 Å². The molecule has 3 aliphatic rings. The average Bonchev–Trinajstić information content (AvgIpc) is 3.17. The molecule has 0 bridgehead atoms. The van der Waals surface area contributed by atoms with E-state index in [4.69, 9.17) is 5.73 Å². The first-order valence-corrected chi connectivity index (χ1v) is 8.51. The first kappa shape index (κ1) is 14.3. The Morgan fingerprint density at radius 3 is 2.35 bits per heavy atom. The quantitative estimate of drug-likeness (QED) is 0.850. The minimum atomic E-state index is 0.287. The van der Waals surface area contributed by atoms with Crippen LogP contribution in [0.3, 0.4) is 0 Å². The number of hydrogen-bond donors (Lipinski definition) is 1. The van der Waals surface area contributed by atoms with Crippen molar-refractivity contribution < 1.29 is 4.79 Å². The van der Waals surface area contributed by atoms with Crippen molar-refractivity contribution in [1.29, 1.82) is 0 Å². The maximum atomic E-state index is 12.6. The highest BCUT2D eigenvalue weighted by atomic mass is 16.2. The second-order valence-electron chi connectivity index (χ2n) is 6.92. The van der Waals surface area contributed by atoms with Crippen LogP contribution in [0.2, 0.25) is 0 Å². The summed E-state index contributed by atoms with van der Waals surface area (Å²) in [7, 11) is 0. The Hall–Kier alpha value is -0.610. The van der Waals surface area contributed by atoms with E-state index in [9.17, 15) is 4.79 Å². The summed E-state index contributed by atoms with van der Waals surface area (Å²) in [6, 6.07) is 0.641. The molecule has 2 N–H and O–H groups in total. The van der Waals surface area contributed by atoms with Gasteiger partial charge < -0.3 is 10.6 Å². The van der Waals surface area contributed by atoms with Crippen LogP contribution < -0.4 is 5.73 Å². The van der Waals surface area contributed by atoms with Gasteiger partial charge in [-0.15, -0.1) is 0 Å². The number of hydrogen-bond acceptors (Lipinski definition) is 3. The molecule has 0 aromatic rings. The molecule has 4 heteroatoms. The van der Waals surface area contributed by atoms with E-state index in [0.717, 1.165) is 45.3 Å². The molecule has 1 atom stereocenters. The van der Waals surface area contributed by atoms with Gasteiger partial charge in [0.05, 0.1) is 0 Å². The third kappa shape index (κ3) is 3.01. The van der Waals surface area contributed by atoms with Crippen LogP contribution in [0.15, 0.2) is 0 Å². The average molecular weight is 279 g/mol. The highest BCUT2D eigenvalue weighted by Crippen LogP contribution is 2.31. The number of carbonyl (C=O) groups is 1. The summed E-state index contributed by atoms with van der Waals surface area (Å²) in [6.45, 7) is 5.25. The van der Waals surface area contributed by atoms with E-state index in [1.807, 2.05) is 0 Å². The molecule has 1 unspecified atom stereocenters. The summed E-state index contributed by atoms with van der Waals surface area (Å²) in [5.41, 5.74) is 5.73. The topological polar surface area (TPSA) is 49.6 Å². The lowest BCUT2D eigenvalue weighted by Gasteiger charge is -2.30. The summed E-state index contributed by atoms with van der Waals surface area (Å²) < 4.78 is 0. The van der Waals surface area contributed by atoms with Crippen LogP contribution in [-0.2, 0) is 4.79 Å². The number of carbonyl (C=O) groups excluding carboxylic acids is 1. The van der Waals surface area contributed by atoms with Gasteiger partial charge in [0.25, 0.3) is 0 Å². The first-order chi connectivity index (χ1) is 9.78. The van der Waals surface area contributed by atoms with E-state index in [1.165, 1.54) is 32.4 Å². The Labute approximate surface area is 122 Å². The fourth-order valence-corrected chi connectivity index (χ4v) is 4.25. The third-order valence-electron chi connectivity index (χ3n) is 5.66. The summed E-state index contributed by atoms with van der Waals surface area (Å²) in [4.78, 5) is 17.4. The molecule has 0 aromatic carbocycles. The Balaban J connectivity index is 1.48. The van der Waals surface area contributed by atoms with Crippen molar-refractivity contribution in [2.75, 3.05) is 32.7 Å². The van der Waals surface area contributed by atoms with E-state index >= 15 is 0 Å². The van der Waals surface area contributed by atoms with Crippen LogP contribution in [0.1, 0.15) is 44.9 Å². The molecule has 4 nitrogen and oxygen atoms in total. The zero-order valence-electron chi connectivity index (χ0n) is 12.6. The molecule has 2 saturated heterocycles. The lowest BCUT2D eigenvalue weighted by molar-refractivity contribution is -0.135. The van der Waals surface area contributed by atoms with Crippen molar-refractivity contribution in [3.8, 4) is 0 Å². The third-order valence-corrected chi connectivity index (χ3v) is 5.66. The summed E-state index contributed by atoms with van der Waals surface area (Å²) >= 11 is 0. The van der Waals surface area contributed by atoms with E-state index in [-0.39, 0.29) is 5.92 Å². The van der Waals surface area contributed by atoms with Crippen LogP contribution in [0.25, 0.3) is 0 Å². The van der Waals surface area contributed by atoms with Crippen LogP contribution in [-0.4, -0.2) is 54.5 Å². The smallest absolute Gasteiger partial charge is 0.225 e. The Kier molecular flexibility index (Phi) is 4.61. The number of nitrogens with zero attached hydrogens (tertiary/aromatic N) is 2. The normalized spacial score (nSPS) is 35.6. The monoisotopic (exact) mass is 279 g/mol. The minimum absolute atomic E-state index is 0.287. The molecular formula is C16H29N3O. The van der Waals surface area contributed by atoms with Crippen molar-refractivity contribution in [2.24, 2.45) is 17.6 Å². The molecule has 114 valence electrons. The predicted octanol–water partition coefficient (Wildman–Crippen LogP) is 1.45. The molecule has 0 aromatic heterocycles. The molecule has 0 radical (unpaired) electrons. The van der Waals surface area contributed by atoms with Gasteiger partial charge >= 0.3 is 0 Å². The predicted molar refractivity (Wildman–Crippen MR) is 80.3 cm³/mol. The molecular weight excluding hydrogens is 250 g/mol. The highest BCUT2D eigenvalue weighted by Gasteiger charge is 2.35. The van der Waals surface area contributed by atoms with Gasteiger partial charge in [-0.05, 0) is 70.5 Å². The summed E-state index contributed by atoms with van der Waals surface area (Å²) in [5.74, 6) is 1.38. The summed E-state index contributed by atoms with van der Waals surface area (Å²) in [6.07, 6.45) is 8.29. The number of amides is 1. The van der Waals surface area contributed by atoms with Crippen LogP contribution in [0, 0.1) is 11.8 Å². The van der Waals surface area contributed by atoms with Crippen LogP contribution in [0.5, 0.6) is 0 Å². The van der Waals surface area contributed by atoms with E-state index in [0.29, 0.717) is 17.9 Å². The fourth-order valence-electron chi connectivity index (χ4n) is 4.25. The standard InChI is InChI=1S/C16H29N3O/c17-11-13-3-5-14(6-4-13)16(20)19-10-7-15(12-19)18-8-1-2-9-18/h13-15H,1-12,17H2. The van der Waals surface area contributed by atoms with E-state index in [1.54, 1.807) is 0 Å². The van der Waals surface area contributed by atoms with Crippen LogP contribution >= 0.6 is 0 Å². The molecule has 1 saturated carbocycles. The van der Waals surface area contributed by atoms with Crippen molar-refractivity contribution in [3.63, 3.8) is 0 Å². The molecule has 2 aliphatic heterocycles. The van der Waals surface area contributed by atoms with Gasteiger partial charge in [-0.3, -0.25) is 9.69 Å². The number of nitrogens with two attached hydrogens (primary N) is 1. The van der Waals surface area contributed by atoms with Crippen molar-refractivity contribution in [2.45, 2.75) is 51.0 Å². The second-order valence-corrected chi connectivity index (χ2v) is 6.92. The highest BCUT2D eigenvalue weighted by molar-refractivity contribution is 5.79. The van der Waals surface area contributed by atoms with Crippen molar-refractivity contribution in [3.05, 3.63) is 0 Å². The van der Waals surface area contributed by atoms with Crippen molar-refractivity contribution >= 4 is 5.91 Å². The Morgan fingerprint density at radius 2 is 1.70 bits per heavy atom. The maximum Gasteiger partial charge on any atom is 0.225 e. The maximum absolute atomic E-state index is 12.6. The lowest BCUT2D eigenvalue weighted by Crippen LogP contribution is -2.40. The largest absolute Gasteiger partial charge is 0.341 e. The van der Waals surface area contributed by atoms with E-state index < -0.39 is 0 Å². The second kappa shape index (κ2) is 6.44. The molecule has 1 aliphatic carbocycles. The van der Waals surface area contributed by atoms with Gasteiger partial charge in [0, 0.05) is 25.0 Å². The Bertz CT molecular complexity index is 333.